The lowest BCUT2D eigenvalue weighted by Crippen LogP contribution is -2.32. The van der Waals surface area contributed by atoms with E-state index < -0.39 is 5.91 Å². The zero-order valence-electron chi connectivity index (χ0n) is 12.8. The Kier molecular flexibility index (Phi) is 4.65. The van der Waals surface area contributed by atoms with Gasteiger partial charge >= 0.3 is 0 Å². The van der Waals surface area contributed by atoms with Crippen molar-refractivity contribution in [1.82, 2.24) is 20.1 Å². The fourth-order valence-electron chi connectivity index (χ4n) is 2.72. The molecular formula is C16H19N5O2. The summed E-state index contributed by atoms with van der Waals surface area (Å²) in [5.41, 5.74) is 0.991. The van der Waals surface area contributed by atoms with Gasteiger partial charge < -0.3 is 10.2 Å². The maximum absolute atomic E-state index is 12.8. The summed E-state index contributed by atoms with van der Waals surface area (Å²) in [7, 11) is 0. The first-order chi connectivity index (χ1) is 11.3. The molecule has 1 aromatic carbocycles. The van der Waals surface area contributed by atoms with Crippen LogP contribution in [0, 0.1) is 0 Å². The number of hydrogen-bond donors (Lipinski definition) is 2. The van der Waals surface area contributed by atoms with Gasteiger partial charge in [-0.05, 0) is 25.0 Å². The molecule has 0 unspecified atom stereocenters. The minimum absolute atomic E-state index is 0.0413. The Labute approximate surface area is 134 Å². The molecule has 2 heterocycles. The molecule has 0 spiro atoms. The Balaban J connectivity index is 1.79. The molecule has 0 saturated carbocycles. The molecule has 1 aromatic heterocycles. The van der Waals surface area contributed by atoms with E-state index in [1.165, 1.54) is 6.33 Å². The van der Waals surface area contributed by atoms with E-state index in [0.717, 1.165) is 38.8 Å². The Hall–Kier alpha value is -2.70. The summed E-state index contributed by atoms with van der Waals surface area (Å²) in [4.78, 5) is 30.6. The van der Waals surface area contributed by atoms with E-state index >= 15 is 0 Å². The number of para-hydroxylation sites is 1. The van der Waals surface area contributed by atoms with Crippen molar-refractivity contribution in [2.24, 2.45) is 0 Å². The van der Waals surface area contributed by atoms with Crippen molar-refractivity contribution >= 4 is 17.5 Å². The van der Waals surface area contributed by atoms with Gasteiger partial charge in [-0.3, -0.25) is 14.7 Å². The normalized spacial score (nSPS) is 15.0. The monoisotopic (exact) mass is 313 g/mol. The highest BCUT2D eigenvalue weighted by Gasteiger charge is 2.21. The van der Waals surface area contributed by atoms with Crippen LogP contribution in [-0.4, -0.2) is 45.0 Å². The number of nitrogens with zero attached hydrogens (tertiary/aromatic N) is 3. The molecule has 7 nitrogen and oxygen atoms in total. The van der Waals surface area contributed by atoms with Crippen LogP contribution in [0.15, 0.2) is 30.6 Å². The summed E-state index contributed by atoms with van der Waals surface area (Å²) < 4.78 is 0. The molecular weight excluding hydrogens is 294 g/mol. The number of likely N-dealkylation sites (tertiary alicyclic amines) is 1. The first kappa shape index (κ1) is 15.2. The van der Waals surface area contributed by atoms with E-state index in [2.05, 4.69) is 20.5 Å². The highest BCUT2D eigenvalue weighted by Crippen LogP contribution is 2.20. The molecule has 2 N–H and O–H groups in total. The molecule has 120 valence electrons. The summed E-state index contributed by atoms with van der Waals surface area (Å²) in [6.45, 7) is 1.53. The summed E-state index contributed by atoms with van der Waals surface area (Å²) in [5.74, 6) is -0.346. The SMILES string of the molecule is O=C(Nc1ccccc1C(=O)N1CCCCCC1)c1ncn[nH]1. The molecule has 1 fully saturated rings. The minimum atomic E-state index is -0.418. The molecule has 23 heavy (non-hydrogen) atoms. The van der Waals surface area contributed by atoms with Crippen LogP contribution in [0.1, 0.15) is 46.7 Å². The van der Waals surface area contributed by atoms with E-state index in [-0.39, 0.29) is 11.7 Å². The molecule has 2 amide bonds. The number of carbonyl (C=O) groups is 2. The minimum Gasteiger partial charge on any atom is -0.339 e. The molecule has 0 radical (unpaired) electrons. The number of hydrogen-bond acceptors (Lipinski definition) is 4. The van der Waals surface area contributed by atoms with Gasteiger partial charge in [0, 0.05) is 13.1 Å². The third-order valence-electron chi connectivity index (χ3n) is 3.93. The Bertz CT molecular complexity index is 676. The lowest BCUT2D eigenvalue weighted by atomic mass is 10.1. The first-order valence-electron chi connectivity index (χ1n) is 7.81. The molecule has 3 rings (SSSR count). The van der Waals surface area contributed by atoms with Crippen LogP contribution in [-0.2, 0) is 0 Å². The zero-order valence-corrected chi connectivity index (χ0v) is 12.8. The Morgan fingerprint density at radius 2 is 1.83 bits per heavy atom. The third kappa shape index (κ3) is 3.56. The molecule has 2 aromatic rings. The number of amides is 2. The lowest BCUT2D eigenvalue weighted by Gasteiger charge is -2.21. The number of nitrogens with one attached hydrogen (secondary N) is 2. The summed E-state index contributed by atoms with van der Waals surface area (Å²) in [6, 6.07) is 7.05. The summed E-state index contributed by atoms with van der Waals surface area (Å²) in [6.07, 6.45) is 5.64. The summed E-state index contributed by atoms with van der Waals surface area (Å²) >= 11 is 0. The van der Waals surface area contributed by atoms with Gasteiger partial charge in [0.25, 0.3) is 11.8 Å². The highest BCUT2D eigenvalue weighted by atomic mass is 16.2. The van der Waals surface area contributed by atoms with Crippen molar-refractivity contribution in [3.63, 3.8) is 0 Å². The van der Waals surface area contributed by atoms with Gasteiger partial charge in [0.2, 0.25) is 5.82 Å². The average molecular weight is 313 g/mol. The van der Waals surface area contributed by atoms with Crippen LogP contribution < -0.4 is 5.32 Å². The Morgan fingerprint density at radius 3 is 2.52 bits per heavy atom. The number of carbonyl (C=O) groups excluding carboxylic acids is 2. The third-order valence-corrected chi connectivity index (χ3v) is 3.93. The highest BCUT2D eigenvalue weighted by molar-refractivity contribution is 6.07. The second-order valence-corrected chi connectivity index (χ2v) is 5.54. The van der Waals surface area contributed by atoms with Gasteiger partial charge in [0.1, 0.15) is 6.33 Å². The Morgan fingerprint density at radius 1 is 1.09 bits per heavy atom. The molecule has 0 bridgehead atoms. The van der Waals surface area contributed by atoms with Crippen molar-refractivity contribution < 1.29 is 9.59 Å². The number of benzene rings is 1. The van der Waals surface area contributed by atoms with Gasteiger partial charge in [0.05, 0.1) is 11.3 Å². The smallest absolute Gasteiger partial charge is 0.293 e. The van der Waals surface area contributed by atoms with E-state index in [1.54, 1.807) is 24.3 Å². The average Bonchev–Trinajstić information content (AvgIpc) is 2.98. The molecule has 0 atom stereocenters. The van der Waals surface area contributed by atoms with E-state index in [0.29, 0.717) is 11.3 Å². The second kappa shape index (κ2) is 7.04. The first-order valence-corrected chi connectivity index (χ1v) is 7.81. The largest absolute Gasteiger partial charge is 0.339 e. The van der Waals surface area contributed by atoms with Gasteiger partial charge in [-0.25, -0.2) is 4.98 Å². The van der Waals surface area contributed by atoms with E-state index in [9.17, 15) is 9.59 Å². The maximum atomic E-state index is 12.8. The fraction of sp³-hybridized carbons (Fsp3) is 0.375. The van der Waals surface area contributed by atoms with Crippen LogP contribution >= 0.6 is 0 Å². The molecule has 1 saturated heterocycles. The molecule has 1 aliphatic heterocycles. The van der Waals surface area contributed by atoms with Crippen LogP contribution in [0.25, 0.3) is 0 Å². The molecule has 7 heteroatoms. The number of H-pyrrole nitrogens is 1. The molecule has 0 aliphatic carbocycles. The zero-order chi connectivity index (χ0) is 16.1. The molecule has 1 aliphatic rings. The van der Waals surface area contributed by atoms with Crippen LogP contribution in [0.4, 0.5) is 5.69 Å². The predicted molar refractivity (Wildman–Crippen MR) is 85.1 cm³/mol. The second-order valence-electron chi connectivity index (χ2n) is 5.54. The van der Waals surface area contributed by atoms with Crippen LogP contribution in [0.5, 0.6) is 0 Å². The van der Waals surface area contributed by atoms with Crippen molar-refractivity contribution in [3.05, 3.63) is 42.0 Å². The van der Waals surface area contributed by atoms with Gasteiger partial charge in [-0.1, -0.05) is 25.0 Å². The van der Waals surface area contributed by atoms with Gasteiger partial charge in [-0.2, -0.15) is 5.10 Å². The van der Waals surface area contributed by atoms with Crippen LogP contribution in [0.2, 0.25) is 0 Å². The number of aromatic nitrogens is 3. The lowest BCUT2D eigenvalue weighted by molar-refractivity contribution is 0.0762. The number of aromatic amines is 1. The predicted octanol–water partition coefficient (Wildman–Crippen LogP) is 2.07. The van der Waals surface area contributed by atoms with Gasteiger partial charge in [0.15, 0.2) is 0 Å². The standard InChI is InChI=1S/C16H19N5O2/c22-15(14-17-11-18-20-14)19-13-8-4-3-7-12(13)16(23)21-9-5-1-2-6-10-21/h3-4,7-8,11H,1-2,5-6,9-10H2,(H,19,22)(H,17,18,20). The van der Waals surface area contributed by atoms with Crippen molar-refractivity contribution in [3.8, 4) is 0 Å². The number of anilines is 1. The van der Waals surface area contributed by atoms with Crippen molar-refractivity contribution in [2.75, 3.05) is 18.4 Å². The number of rotatable bonds is 3. The topological polar surface area (TPSA) is 91.0 Å². The quantitative estimate of drug-likeness (QED) is 0.907. The summed E-state index contributed by atoms with van der Waals surface area (Å²) in [5, 5.41) is 8.89. The van der Waals surface area contributed by atoms with Crippen molar-refractivity contribution in [2.45, 2.75) is 25.7 Å². The fourth-order valence-corrected chi connectivity index (χ4v) is 2.72. The maximum Gasteiger partial charge on any atom is 0.293 e. The van der Waals surface area contributed by atoms with E-state index in [1.807, 2.05) is 4.90 Å². The van der Waals surface area contributed by atoms with E-state index in [4.69, 9.17) is 0 Å². The van der Waals surface area contributed by atoms with Crippen LogP contribution in [0.3, 0.4) is 0 Å². The van der Waals surface area contributed by atoms with Gasteiger partial charge in [-0.15, -0.1) is 0 Å². The van der Waals surface area contributed by atoms with Crippen molar-refractivity contribution in [1.29, 1.82) is 0 Å².